The zero-order chi connectivity index (χ0) is 20.2. The number of nitrogens with zero attached hydrogens (tertiary/aromatic N) is 2. The Morgan fingerprint density at radius 1 is 1.07 bits per heavy atom. The molecule has 0 spiro atoms. The van der Waals surface area contributed by atoms with Crippen LogP contribution < -0.4 is 9.04 Å². The number of carbonyl (C=O) groups excluding carboxylic acids is 1. The SMILES string of the molecule is COc1ccc(CN(C)C(=O)C(C)N(c2ccc(C)cc2)S(C)(=O)=O)cc1. The van der Waals surface area contributed by atoms with Gasteiger partial charge in [0, 0.05) is 13.6 Å². The van der Waals surface area contributed by atoms with Crippen LogP contribution in [0.25, 0.3) is 0 Å². The summed E-state index contributed by atoms with van der Waals surface area (Å²) < 4.78 is 31.0. The van der Waals surface area contributed by atoms with Crippen LogP contribution in [0.5, 0.6) is 5.75 Å². The van der Waals surface area contributed by atoms with Gasteiger partial charge in [-0.1, -0.05) is 29.8 Å². The standard InChI is InChI=1S/C20H26N2O4S/c1-15-6-10-18(11-7-15)22(27(5,24)25)16(2)20(23)21(3)14-17-8-12-19(26-4)13-9-17/h6-13,16H,14H2,1-5H3. The molecule has 1 unspecified atom stereocenters. The van der Waals surface area contributed by atoms with E-state index in [0.29, 0.717) is 12.2 Å². The lowest BCUT2D eigenvalue weighted by Crippen LogP contribution is -2.48. The van der Waals surface area contributed by atoms with Crippen LogP contribution in [0.15, 0.2) is 48.5 Å². The molecule has 0 aromatic heterocycles. The first-order chi connectivity index (χ1) is 12.6. The van der Waals surface area contributed by atoms with E-state index in [0.717, 1.165) is 23.1 Å². The maximum atomic E-state index is 12.9. The number of ether oxygens (including phenoxy) is 1. The minimum Gasteiger partial charge on any atom is -0.497 e. The number of hydrogen-bond donors (Lipinski definition) is 0. The maximum Gasteiger partial charge on any atom is 0.246 e. The quantitative estimate of drug-likeness (QED) is 0.729. The zero-order valence-electron chi connectivity index (χ0n) is 16.3. The number of amides is 1. The molecule has 1 amide bonds. The van der Waals surface area contributed by atoms with Crippen molar-refractivity contribution >= 4 is 21.6 Å². The molecule has 0 aliphatic heterocycles. The zero-order valence-corrected chi connectivity index (χ0v) is 17.2. The van der Waals surface area contributed by atoms with Crippen LogP contribution >= 0.6 is 0 Å². The number of aryl methyl sites for hydroxylation is 1. The summed E-state index contributed by atoms with van der Waals surface area (Å²) in [4.78, 5) is 14.4. The number of hydrogen-bond acceptors (Lipinski definition) is 4. The number of anilines is 1. The second-order valence-corrected chi connectivity index (χ2v) is 8.47. The van der Waals surface area contributed by atoms with Crippen molar-refractivity contribution in [3.05, 3.63) is 59.7 Å². The van der Waals surface area contributed by atoms with Gasteiger partial charge in [-0.3, -0.25) is 9.10 Å². The molecule has 1 atom stereocenters. The third-order valence-electron chi connectivity index (χ3n) is 4.31. The predicted molar refractivity (Wildman–Crippen MR) is 107 cm³/mol. The molecule has 2 aromatic carbocycles. The molecule has 2 rings (SSSR count). The fourth-order valence-corrected chi connectivity index (χ4v) is 4.07. The molecule has 0 N–H and O–H groups in total. The van der Waals surface area contributed by atoms with Gasteiger partial charge >= 0.3 is 0 Å². The third kappa shape index (κ3) is 5.23. The van der Waals surface area contributed by atoms with E-state index in [1.165, 1.54) is 9.21 Å². The van der Waals surface area contributed by atoms with Crippen molar-refractivity contribution in [2.24, 2.45) is 0 Å². The molecule has 7 heteroatoms. The van der Waals surface area contributed by atoms with Crippen LogP contribution in [0.2, 0.25) is 0 Å². The maximum absolute atomic E-state index is 12.9. The van der Waals surface area contributed by atoms with Gasteiger partial charge in [-0.15, -0.1) is 0 Å². The lowest BCUT2D eigenvalue weighted by atomic mass is 10.2. The topological polar surface area (TPSA) is 66.9 Å². The van der Waals surface area contributed by atoms with Gasteiger partial charge in [-0.2, -0.15) is 0 Å². The minimum absolute atomic E-state index is 0.281. The highest BCUT2D eigenvalue weighted by Gasteiger charge is 2.30. The van der Waals surface area contributed by atoms with E-state index < -0.39 is 16.1 Å². The lowest BCUT2D eigenvalue weighted by molar-refractivity contribution is -0.131. The Bertz CT molecular complexity index is 877. The van der Waals surface area contributed by atoms with Gasteiger partial charge in [0.1, 0.15) is 11.8 Å². The molecule has 0 radical (unpaired) electrons. The van der Waals surface area contributed by atoms with Crippen molar-refractivity contribution in [1.82, 2.24) is 4.90 Å². The summed E-state index contributed by atoms with van der Waals surface area (Å²) in [6, 6.07) is 13.6. The van der Waals surface area contributed by atoms with E-state index in [1.54, 1.807) is 33.2 Å². The Morgan fingerprint density at radius 3 is 2.11 bits per heavy atom. The number of methoxy groups -OCH3 is 1. The largest absolute Gasteiger partial charge is 0.497 e. The highest BCUT2D eigenvalue weighted by Crippen LogP contribution is 2.22. The molecule has 2 aromatic rings. The molecule has 0 saturated carbocycles. The summed E-state index contributed by atoms with van der Waals surface area (Å²) in [5.74, 6) is 0.459. The number of benzene rings is 2. The van der Waals surface area contributed by atoms with Gasteiger partial charge in [0.05, 0.1) is 19.1 Å². The van der Waals surface area contributed by atoms with Crippen molar-refractivity contribution in [3.8, 4) is 5.75 Å². The molecule has 0 aliphatic carbocycles. The summed E-state index contributed by atoms with van der Waals surface area (Å²) in [5.41, 5.74) is 2.42. The van der Waals surface area contributed by atoms with Crippen LogP contribution in [-0.2, 0) is 21.4 Å². The molecule has 0 aliphatic rings. The monoisotopic (exact) mass is 390 g/mol. The Balaban J connectivity index is 2.21. The Morgan fingerprint density at radius 2 is 1.63 bits per heavy atom. The van der Waals surface area contributed by atoms with Crippen LogP contribution in [-0.4, -0.2) is 45.7 Å². The van der Waals surface area contributed by atoms with Crippen LogP contribution in [0.1, 0.15) is 18.1 Å². The smallest absolute Gasteiger partial charge is 0.246 e. The molecule has 0 heterocycles. The predicted octanol–water partition coefficient (Wildman–Crippen LogP) is 2.82. The molecule has 0 bridgehead atoms. The van der Waals surface area contributed by atoms with Crippen LogP contribution in [0, 0.1) is 6.92 Å². The molecular formula is C20H26N2O4S. The molecular weight excluding hydrogens is 364 g/mol. The van der Waals surface area contributed by atoms with Gasteiger partial charge in [0.15, 0.2) is 0 Å². The van der Waals surface area contributed by atoms with E-state index in [4.69, 9.17) is 4.74 Å². The van der Waals surface area contributed by atoms with Crippen LogP contribution in [0.4, 0.5) is 5.69 Å². The summed E-state index contributed by atoms with van der Waals surface area (Å²) in [6.45, 7) is 3.90. The van der Waals surface area contributed by atoms with Gasteiger partial charge in [0.25, 0.3) is 0 Å². The van der Waals surface area contributed by atoms with E-state index in [2.05, 4.69) is 0 Å². The molecule has 0 saturated heterocycles. The summed E-state index contributed by atoms with van der Waals surface area (Å²) >= 11 is 0. The number of likely N-dealkylation sites (N-methyl/N-ethyl adjacent to an activating group) is 1. The van der Waals surface area contributed by atoms with Gasteiger partial charge < -0.3 is 9.64 Å². The average Bonchev–Trinajstić information content (AvgIpc) is 2.62. The molecule has 6 nitrogen and oxygen atoms in total. The summed E-state index contributed by atoms with van der Waals surface area (Å²) in [7, 11) is -0.361. The number of rotatable bonds is 7. The van der Waals surface area contributed by atoms with Crippen molar-refractivity contribution in [2.45, 2.75) is 26.4 Å². The molecule has 27 heavy (non-hydrogen) atoms. The molecule has 0 fully saturated rings. The highest BCUT2D eigenvalue weighted by molar-refractivity contribution is 7.92. The third-order valence-corrected chi connectivity index (χ3v) is 5.55. The number of carbonyl (C=O) groups is 1. The van der Waals surface area contributed by atoms with Crippen molar-refractivity contribution in [3.63, 3.8) is 0 Å². The van der Waals surface area contributed by atoms with E-state index in [-0.39, 0.29) is 5.91 Å². The first-order valence-electron chi connectivity index (χ1n) is 8.57. The fourth-order valence-electron chi connectivity index (χ4n) is 2.90. The average molecular weight is 391 g/mol. The van der Waals surface area contributed by atoms with Crippen molar-refractivity contribution in [1.29, 1.82) is 0 Å². The minimum atomic E-state index is -3.62. The first kappa shape index (κ1) is 20.8. The fraction of sp³-hybridized carbons (Fsp3) is 0.350. The van der Waals surface area contributed by atoms with Crippen LogP contribution in [0.3, 0.4) is 0 Å². The Kier molecular flexibility index (Phi) is 6.49. The summed E-state index contributed by atoms with van der Waals surface area (Å²) in [5, 5.41) is 0. The molecule has 146 valence electrons. The lowest BCUT2D eigenvalue weighted by Gasteiger charge is -2.31. The van der Waals surface area contributed by atoms with Gasteiger partial charge in [-0.25, -0.2) is 8.42 Å². The van der Waals surface area contributed by atoms with Crippen molar-refractivity contribution < 1.29 is 17.9 Å². The van der Waals surface area contributed by atoms with Gasteiger partial charge in [-0.05, 0) is 43.7 Å². The Labute approximate surface area is 161 Å². The second-order valence-electron chi connectivity index (χ2n) is 6.61. The summed E-state index contributed by atoms with van der Waals surface area (Å²) in [6.07, 6.45) is 1.11. The van der Waals surface area contributed by atoms with E-state index in [1.807, 2.05) is 43.3 Å². The highest BCUT2D eigenvalue weighted by atomic mass is 32.2. The van der Waals surface area contributed by atoms with E-state index in [9.17, 15) is 13.2 Å². The second kappa shape index (κ2) is 8.43. The Hall–Kier alpha value is -2.54. The first-order valence-corrected chi connectivity index (χ1v) is 10.4. The van der Waals surface area contributed by atoms with E-state index >= 15 is 0 Å². The van der Waals surface area contributed by atoms with Gasteiger partial charge in [0.2, 0.25) is 15.9 Å². The number of sulfonamides is 1. The van der Waals surface area contributed by atoms with Crippen molar-refractivity contribution in [2.75, 3.05) is 24.7 Å². The normalized spacial score (nSPS) is 12.3.